The Kier molecular flexibility index (Phi) is 7.52. The Morgan fingerprint density at radius 2 is 1.81 bits per heavy atom. The van der Waals surface area contributed by atoms with E-state index in [4.69, 9.17) is 21.1 Å². The summed E-state index contributed by atoms with van der Waals surface area (Å²) in [6.45, 7) is 1.64. The summed E-state index contributed by atoms with van der Waals surface area (Å²) >= 11 is 5.87. The number of aromatic nitrogens is 2. The monoisotopic (exact) mass is 381 g/mol. The maximum atomic E-state index is 11.4. The molecule has 0 aliphatic rings. The van der Waals surface area contributed by atoms with E-state index in [2.05, 4.69) is 15.3 Å². The van der Waals surface area contributed by atoms with Gasteiger partial charge in [0.05, 0.1) is 18.1 Å². The van der Waals surface area contributed by atoms with Crippen molar-refractivity contribution in [1.82, 2.24) is 9.97 Å². The van der Waals surface area contributed by atoms with Crippen molar-refractivity contribution in [2.75, 3.05) is 50.7 Å². The maximum Gasteiger partial charge on any atom is 0.329 e. The Morgan fingerprint density at radius 1 is 1.19 bits per heavy atom. The molecule has 2 rings (SSSR count). The second kappa shape index (κ2) is 9.85. The van der Waals surface area contributed by atoms with Gasteiger partial charge in [-0.1, -0.05) is 11.6 Å². The van der Waals surface area contributed by atoms with Gasteiger partial charge in [0.25, 0.3) is 0 Å². The number of nitro groups is 1. The fourth-order valence-corrected chi connectivity index (χ4v) is 2.30. The largest absolute Gasteiger partial charge is 0.383 e. The van der Waals surface area contributed by atoms with Gasteiger partial charge in [-0.05, 0) is 24.3 Å². The van der Waals surface area contributed by atoms with Crippen molar-refractivity contribution in [2.24, 2.45) is 0 Å². The minimum absolute atomic E-state index is 0.182. The molecule has 1 N–H and O–H groups in total. The van der Waals surface area contributed by atoms with Crippen LogP contribution in [0.3, 0.4) is 0 Å². The molecule has 0 fully saturated rings. The van der Waals surface area contributed by atoms with Crippen LogP contribution >= 0.6 is 11.6 Å². The van der Waals surface area contributed by atoms with Crippen LogP contribution in [0.25, 0.3) is 0 Å². The van der Waals surface area contributed by atoms with Gasteiger partial charge in [0.15, 0.2) is 0 Å². The van der Waals surface area contributed by atoms with Crippen LogP contribution in [0, 0.1) is 10.1 Å². The first kappa shape index (κ1) is 19.8. The van der Waals surface area contributed by atoms with Gasteiger partial charge in [-0.3, -0.25) is 10.1 Å². The summed E-state index contributed by atoms with van der Waals surface area (Å²) in [6.07, 6.45) is 1.19. The second-order valence-corrected chi connectivity index (χ2v) is 5.70. The molecule has 26 heavy (non-hydrogen) atoms. The molecular formula is C16H20ClN5O4. The summed E-state index contributed by atoms with van der Waals surface area (Å²) in [6, 6.07) is 6.97. The predicted octanol–water partition coefficient (Wildman–Crippen LogP) is 2.88. The molecule has 0 saturated heterocycles. The Labute approximate surface area is 156 Å². The number of benzene rings is 1. The predicted molar refractivity (Wildman–Crippen MR) is 99.4 cm³/mol. The van der Waals surface area contributed by atoms with E-state index in [0.29, 0.717) is 31.3 Å². The molecule has 2 aromatic rings. The highest BCUT2D eigenvalue weighted by atomic mass is 35.5. The van der Waals surface area contributed by atoms with Gasteiger partial charge in [0.1, 0.15) is 6.20 Å². The van der Waals surface area contributed by atoms with E-state index in [1.165, 1.54) is 6.20 Å². The number of anilines is 3. The Morgan fingerprint density at radius 3 is 2.35 bits per heavy atom. The third kappa shape index (κ3) is 5.51. The normalized spacial score (nSPS) is 10.6. The van der Waals surface area contributed by atoms with Crippen LogP contribution in [-0.4, -0.2) is 55.4 Å². The molecule has 1 heterocycles. The lowest BCUT2D eigenvalue weighted by molar-refractivity contribution is -0.384. The third-order valence-electron chi connectivity index (χ3n) is 3.48. The first-order chi connectivity index (χ1) is 12.5. The summed E-state index contributed by atoms with van der Waals surface area (Å²) in [5.74, 6) is 0.448. The number of ether oxygens (including phenoxy) is 2. The van der Waals surface area contributed by atoms with E-state index in [0.717, 1.165) is 5.69 Å². The molecule has 0 radical (unpaired) electrons. The van der Waals surface area contributed by atoms with E-state index in [-0.39, 0.29) is 17.5 Å². The molecule has 0 saturated carbocycles. The minimum atomic E-state index is -0.506. The highest BCUT2D eigenvalue weighted by molar-refractivity contribution is 6.30. The standard InChI is InChI=1S/C16H20ClN5O4/c1-25-9-7-21(8-10-26-2)15-14(22(23)24)11-18-16(20-15)19-13-5-3-12(17)4-6-13/h3-6,11H,7-10H2,1-2H3,(H,18,19,20). The van der Waals surface area contributed by atoms with E-state index < -0.39 is 4.92 Å². The van der Waals surface area contributed by atoms with Crippen LogP contribution in [0.4, 0.5) is 23.1 Å². The summed E-state index contributed by atoms with van der Waals surface area (Å²) in [4.78, 5) is 21.0. The van der Waals surface area contributed by atoms with Crippen molar-refractivity contribution in [3.8, 4) is 0 Å². The van der Waals surface area contributed by atoms with Gasteiger partial charge < -0.3 is 19.7 Å². The topological polar surface area (TPSA) is 103 Å². The summed E-state index contributed by atoms with van der Waals surface area (Å²) in [5.41, 5.74) is 0.536. The van der Waals surface area contributed by atoms with Crippen LogP contribution in [0.15, 0.2) is 30.5 Å². The summed E-state index contributed by atoms with van der Waals surface area (Å²) in [7, 11) is 3.13. The molecule has 0 spiro atoms. The molecule has 1 aromatic heterocycles. The number of nitrogens with one attached hydrogen (secondary N) is 1. The Bertz CT molecular complexity index is 721. The third-order valence-corrected chi connectivity index (χ3v) is 3.73. The lowest BCUT2D eigenvalue weighted by atomic mass is 10.3. The average Bonchev–Trinajstić information content (AvgIpc) is 2.63. The van der Waals surface area contributed by atoms with Gasteiger partial charge >= 0.3 is 5.69 Å². The average molecular weight is 382 g/mol. The Balaban J connectivity index is 2.32. The zero-order chi connectivity index (χ0) is 18.9. The fraction of sp³-hybridized carbons (Fsp3) is 0.375. The molecule has 140 valence electrons. The van der Waals surface area contributed by atoms with E-state index in [9.17, 15) is 10.1 Å². The van der Waals surface area contributed by atoms with Crippen molar-refractivity contribution in [1.29, 1.82) is 0 Å². The number of methoxy groups -OCH3 is 2. The first-order valence-electron chi connectivity index (χ1n) is 7.82. The molecule has 0 amide bonds. The lowest BCUT2D eigenvalue weighted by Gasteiger charge is -2.23. The number of nitrogens with zero attached hydrogens (tertiary/aromatic N) is 4. The molecule has 0 aliphatic heterocycles. The molecular weight excluding hydrogens is 362 g/mol. The van der Waals surface area contributed by atoms with Gasteiger partial charge in [-0.15, -0.1) is 0 Å². The quantitative estimate of drug-likeness (QED) is 0.495. The highest BCUT2D eigenvalue weighted by Gasteiger charge is 2.23. The van der Waals surface area contributed by atoms with Crippen molar-refractivity contribution < 1.29 is 14.4 Å². The molecule has 1 aromatic carbocycles. The van der Waals surface area contributed by atoms with Crippen LogP contribution in [0.5, 0.6) is 0 Å². The zero-order valence-electron chi connectivity index (χ0n) is 14.5. The minimum Gasteiger partial charge on any atom is -0.383 e. The van der Waals surface area contributed by atoms with Crippen LogP contribution in [0.1, 0.15) is 0 Å². The van der Waals surface area contributed by atoms with E-state index >= 15 is 0 Å². The van der Waals surface area contributed by atoms with Gasteiger partial charge in [-0.2, -0.15) is 4.98 Å². The number of hydrogen-bond acceptors (Lipinski definition) is 8. The highest BCUT2D eigenvalue weighted by Crippen LogP contribution is 2.27. The first-order valence-corrected chi connectivity index (χ1v) is 8.19. The van der Waals surface area contributed by atoms with Crippen LogP contribution in [-0.2, 0) is 9.47 Å². The summed E-state index contributed by atoms with van der Waals surface area (Å²) < 4.78 is 10.2. The van der Waals surface area contributed by atoms with Crippen molar-refractivity contribution in [3.05, 3.63) is 45.6 Å². The fourth-order valence-electron chi connectivity index (χ4n) is 2.18. The zero-order valence-corrected chi connectivity index (χ0v) is 15.3. The molecule has 0 aliphatic carbocycles. The SMILES string of the molecule is COCCN(CCOC)c1nc(Nc2ccc(Cl)cc2)ncc1[N+](=O)[O-]. The van der Waals surface area contributed by atoms with Crippen LogP contribution in [0.2, 0.25) is 5.02 Å². The van der Waals surface area contributed by atoms with Gasteiger partial charge in [-0.25, -0.2) is 4.98 Å². The van der Waals surface area contributed by atoms with Crippen molar-refractivity contribution in [2.45, 2.75) is 0 Å². The molecule has 10 heteroatoms. The number of hydrogen-bond donors (Lipinski definition) is 1. The van der Waals surface area contributed by atoms with E-state index in [1.807, 2.05) is 0 Å². The van der Waals surface area contributed by atoms with Crippen LogP contribution < -0.4 is 10.2 Å². The molecule has 9 nitrogen and oxygen atoms in total. The molecule has 0 unspecified atom stereocenters. The van der Waals surface area contributed by atoms with Gasteiger partial charge in [0, 0.05) is 38.0 Å². The number of rotatable bonds is 10. The molecule has 0 atom stereocenters. The van der Waals surface area contributed by atoms with Crippen molar-refractivity contribution in [3.63, 3.8) is 0 Å². The van der Waals surface area contributed by atoms with Crippen molar-refractivity contribution >= 4 is 34.7 Å². The lowest BCUT2D eigenvalue weighted by Crippen LogP contribution is -2.32. The molecule has 0 bridgehead atoms. The summed E-state index contributed by atoms with van der Waals surface area (Å²) in [5, 5.41) is 15.0. The van der Waals surface area contributed by atoms with Gasteiger partial charge in [0.2, 0.25) is 11.8 Å². The maximum absolute atomic E-state index is 11.4. The Hall–Kier alpha value is -2.49. The number of halogens is 1. The second-order valence-electron chi connectivity index (χ2n) is 5.26. The van der Waals surface area contributed by atoms with E-state index in [1.54, 1.807) is 43.4 Å². The smallest absolute Gasteiger partial charge is 0.329 e.